The molecular formula is C17H26N4O5. The van der Waals surface area contributed by atoms with Gasteiger partial charge in [-0.1, -0.05) is 19.9 Å². The summed E-state index contributed by atoms with van der Waals surface area (Å²) in [5, 5.41) is 23.3. The zero-order valence-electron chi connectivity index (χ0n) is 15.0. The summed E-state index contributed by atoms with van der Waals surface area (Å²) in [7, 11) is 0. The molecule has 0 fully saturated rings. The number of aromatic nitrogens is 1. The van der Waals surface area contributed by atoms with Crippen molar-refractivity contribution in [2.24, 2.45) is 11.7 Å². The first kappa shape index (κ1) is 21.5. The third-order valence-corrected chi connectivity index (χ3v) is 3.81. The number of nitrogens with zero attached hydrogens (tertiary/aromatic N) is 1. The number of hydrogen-bond acceptors (Lipinski definition) is 6. The molecule has 0 radical (unpaired) electrons. The number of amides is 2. The summed E-state index contributed by atoms with van der Waals surface area (Å²) in [4.78, 5) is 39.8. The first-order chi connectivity index (χ1) is 12.1. The molecule has 0 aromatic carbocycles. The lowest BCUT2D eigenvalue weighted by atomic mass is 10.0. The summed E-state index contributed by atoms with van der Waals surface area (Å²) in [6.45, 7) is 4.66. The Labute approximate surface area is 152 Å². The van der Waals surface area contributed by atoms with Gasteiger partial charge in [0.25, 0.3) is 0 Å². The van der Waals surface area contributed by atoms with E-state index in [0.717, 1.165) is 5.56 Å². The number of pyridine rings is 1. The van der Waals surface area contributed by atoms with Crippen LogP contribution in [0.5, 0.6) is 0 Å². The SMILES string of the molecule is CC(C)[C@H](NC(=O)[C@@H](N)Cc1cccnc1)C(=O)N[C@H](C(=O)O)[C@@H](C)O. The first-order valence-corrected chi connectivity index (χ1v) is 8.29. The molecule has 9 nitrogen and oxygen atoms in total. The van der Waals surface area contributed by atoms with Gasteiger partial charge >= 0.3 is 5.97 Å². The standard InChI is InChI=1S/C17H26N4O5/c1-9(2)13(16(24)21-14(10(3)22)17(25)26)20-15(23)12(18)7-11-5-4-6-19-8-11/h4-6,8-10,12-14,22H,7,18H2,1-3H3,(H,20,23)(H,21,24)(H,25,26)/t10-,12+,13+,14+/m1/s1. The Morgan fingerprint density at radius 2 is 1.77 bits per heavy atom. The van der Waals surface area contributed by atoms with E-state index in [-0.39, 0.29) is 12.3 Å². The van der Waals surface area contributed by atoms with Crippen LogP contribution in [0.3, 0.4) is 0 Å². The number of rotatable bonds is 9. The molecule has 0 unspecified atom stereocenters. The molecule has 4 atom stereocenters. The van der Waals surface area contributed by atoms with Crippen LogP contribution >= 0.6 is 0 Å². The predicted molar refractivity (Wildman–Crippen MR) is 93.9 cm³/mol. The number of aliphatic hydroxyl groups is 1. The smallest absolute Gasteiger partial charge is 0.328 e. The average Bonchev–Trinajstić information content (AvgIpc) is 2.56. The Balaban J connectivity index is 2.75. The maximum absolute atomic E-state index is 12.4. The molecule has 144 valence electrons. The Bertz CT molecular complexity index is 621. The lowest BCUT2D eigenvalue weighted by Gasteiger charge is -2.26. The van der Waals surface area contributed by atoms with E-state index in [1.165, 1.54) is 6.92 Å². The predicted octanol–water partition coefficient (Wildman–Crippen LogP) is -0.958. The molecule has 0 saturated carbocycles. The second-order valence-corrected chi connectivity index (χ2v) is 6.47. The van der Waals surface area contributed by atoms with E-state index in [1.54, 1.807) is 38.4 Å². The summed E-state index contributed by atoms with van der Waals surface area (Å²) in [5.74, 6) is -2.91. The molecule has 26 heavy (non-hydrogen) atoms. The van der Waals surface area contributed by atoms with Gasteiger partial charge in [-0.2, -0.15) is 0 Å². The van der Waals surface area contributed by atoms with Crippen molar-refractivity contribution in [1.29, 1.82) is 0 Å². The fourth-order valence-electron chi connectivity index (χ4n) is 2.29. The highest BCUT2D eigenvalue weighted by molar-refractivity contribution is 5.92. The van der Waals surface area contributed by atoms with Gasteiger partial charge in [-0.05, 0) is 30.9 Å². The molecule has 1 aromatic heterocycles. The van der Waals surface area contributed by atoms with Crippen LogP contribution in [0, 0.1) is 5.92 Å². The quantitative estimate of drug-likeness (QED) is 0.377. The Morgan fingerprint density at radius 1 is 1.15 bits per heavy atom. The lowest BCUT2D eigenvalue weighted by Crippen LogP contribution is -2.58. The number of nitrogens with one attached hydrogen (secondary N) is 2. The molecule has 0 aliphatic rings. The molecule has 0 aliphatic heterocycles. The van der Waals surface area contributed by atoms with Gasteiger partial charge in [-0.25, -0.2) is 4.79 Å². The Morgan fingerprint density at radius 3 is 2.23 bits per heavy atom. The van der Waals surface area contributed by atoms with Crippen LogP contribution in [0.15, 0.2) is 24.5 Å². The minimum Gasteiger partial charge on any atom is -0.480 e. The van der Waals surface area contributed by atoms with Crippen molar-refractivity contribution in [3.63, 3.8) is 0 Å². The molecule has 0 aliphatic carbocycles. The van der Waals surface area contributed by atoms with Crippen LogP contribution in [0.25, 0.3) is 0 Å². The van der Waals surface area contributed by atoms with Crippen molar-refractivity contribution in [1.82, 2.24) is 15.6 Å². The number of carboxylic acids is 1. The van der Waals surface area contributed by atoms with Gasteiger partial charge in [-0.3, -0.25) is 14.6 Å². The van der Waals surface area contributed by atoms with Crippen molar-refractivity contribution in [3.8, 4) is 0 Å². The zero-order chi connectivity index (χ0) is 19.9. The van der Waals surface area contributed by atoms with Gasteiger partial charge in [-0.15, -0.1) is 0 Å². The maximum Gasteiger partial charge on any atom is 0.328 e. The van der Waals surface area contributed by atoms with Crippen molar-refractivity contribution in [2.75, 3.05) is 0 Å². The van der Waals surface area contributed by atoms with Gasteiger partial charge in [0.05, 0.1) is 12.1 Å². The monoisotopic (exact) mass is 366 g/mol. The molecule has 6 N–H and O–H groups in total. The van der Waals surface area contributed by atoms with E-state index in [1.807, 2.05) is 0 Å². The number of nitrogens with two attached hydrogens (primary N) is 1. The molecule has 1 rings (SSSR count). The van der Waals surface area contributed by atoms with Crippen LogP contribution in [0.2, 0.25) is 0 Å². The van der Waals surface area contributed by atoms with E-state index in [4.69, 9.17) is 10.8 Å². The van der Waals surface area contributed by atoms with Crippen molar-refractivity contribution < 1.29 is 24.6 Å². The number of carbonyl (C=O) groups is 3. The van der Waals surface area contributed by atoms with Crippen molar-refractivity contribution in [3.05, 3.63) is 30.1 Å². The highest BCUT2D eigenvalue weighted by atomic mass is 16.4. The summed E-state index contributed by atoms with van der Waals surface area (Å²) < 4.78 is 0. The highest BCUT2D eigenvalue weighted by Gasteiger charge is 2.31. The third-order valence-electron chi connectivity index (χ3n) is 3.81. The largest absolute Gasteiger partial charge is 0.480 e. The van der Waals surface area contributed by atoms with E-state index in [0.29, 0.717) is 0 Å². The Kier molecular flexibility index (Phi) is 8.14. The maximum atomic E-state index is 12.4. The number of carbonyl (C=O) groups excluding carboxylic acids is 2. The summed E-state index contributed by atoms with van der Waals surface area (Å²) >= 11 is 0. The van der Waals surface area contributed by atoms with E-state index < -0.39 is 42.0 Å². The molecule has 0 bridgehead atoms. The first-order valence-electron chi connectivity index (χ1n) is 8.29. The summed E-state index contributed by atoms with van der Waals surface area (Å²) in [5.41, 5.74) is 6.67. The molecule has 0 spiro atoms. The number of aliphatic carboxylic acids is 1. The average molecular weight is 366 g/mol. The minimum atomic E-state index is -1.47. The normalized spacial score (nSPS) is 15.6. The highest BCUT2D eigenvalue weighted by Crippen LogP contribution is 2.06. The van der Waals surface area contributed by atoms with E-state index in [2.05, 4.69) is 15.6 Å². The van der Waals surface area contributed by atoms with Crippen molar-refractivity contribution >= 4 is 17.8 Å². The molecule has 9 heteroatoms. The van der Waals surface area contributed by atoms with Crippen LogP contribution in [-0.4, -0.2) is 57.2 Å². The van der Waals surface area contributed by atoms with Crippen LogP contribution in [0.4, 0.5) is 0 Å². The Hall–Kier alpha value is -2.52. The topological polar surface area (TPSA) is 155 Å². The van der Waals surface area contributed by atoms with E-state index >= 15 is 0 Å². The molecule has 2 amide bonds. The number of hydrogen-bond donors (Lipinski definition) is 5. The molecule has 1 aromatic rings. The second kappa shape index (κ2) is 9.83. The summed E-state index contributed by atoms with van der Waals surface area (Å²) in [6, 6.07) is 0.173. The minimum absolute atomic E-state index is 0.248. The van der Waals surface area contributed by atoms with Crippen LogP contribution in [-0.2, 0) is 20.8 Å². The molecule has 1 heterocycles. The molecule has 0 saturated heterocycles. The number of aliphatic hydroxyl groups excluding tert-OH is 1. The van der Waals surface area contributed by atoms with Gasteiger partial charge in [0.15, 0.2) is 6.04 Å². The van der Waals surface area contributed by atoms with Gasteiger partial charge < -0.3 is 26.6 Å². The van der Waals surface area contributed by atoms with Crippen LogP contribution < -0.4 is 16.4 Å². The number of carboxylic acid groups (broad SMARTS) is 1. The zero-order valence-corrected chi connectivity index (χ0v) is 15.0. The van der Waals surface area contributed by atoms with Gasteiger partial charge in [0.2, 0.25) is 11.8 Å². The van der Waals surface area contributed by atoms with Gasteiger partial charge in [0.1, 0.15) is 6.04 Å². The summed E-state index contributed by atoms with van der Waals surface area (Å²) in [6.07, 6.45) is 2.17. The van der Waals surface area contributed by atoms with Gasteiger partial charge in [0, 0.05) is 12.4 Å². The lowest BCUT2D eigenvalue weighted by molar-refractivity contribution is -0.145. The van der Waals surface area contributed by atoms with Crippen LogP contribution in [0.1, 0.15) is 26.3 Å². The van der Waals surface area contributed by atoms with Crippen molar-refractivity contribution in [2.45, 2.75) is 51.4 Å². The molecular weight excluding hydrogens is 340 g/mol. The third kappa shape index (κ3) is 6.41. The second-order valence-electron chi connectivity index (χ2n) is 6.47. The van der Waals surface area contributed by atoms with E-state index in [9.17, 15) is 19.5 Å². The fourth-order valence-corrected chi connectivity index (χ4v) is 2.29. The fraction of sp³-hybridized carbons (Fsp3) is 0.529.